The SMILES string of the molecule is COc1cccc(N2C(=O)NC(c3cccc(F)c3)C(c3nc(-c4ccc(C)cc4)no3)=C2C)c1. The highest BCUT2D eigenvalue weighted by Gasteiger charge is 2.36. The van der Waals surface area contributed by atoms with Crippen molar-refractivity contribution in [2.75, 3.05) is 12.0 Å². The number of urea groups is 1. The van der Waals surface area contributed by atoms with E-state index in [9.17, 15) is 9.18 Å². The van der Waals surface area contributed by atoms with Crippen molar-refractivity contribution in [3.05, 3.63) is 101 Å². The molecular formula is C27H23FN4O3. The number of aromatic nitrogens is 2. The van der Waals surface area contributed by atoms with Gasteiger partial charge in [0, 0.05) is 17.3 Å². The summed E-state index contributed by atoms with van der Waals surface area (Å²) in [6, 6.07) is 20.0. The molecule has 7 nitrogen and oxygen atoms in total. The minimum atomic E-state index is -0.689. The second-order valence-electron chi connectivity index (χ2n) is 8.26. The van der Waals surface area contributed by atoms with Crippen LogP contribution in [0.25, 0.3) is 17.0 Å². The van der Waals surface area contributed by atoms with Crippen LogP contribution in [-0.2, 0) is 0 Å². The molecule has 0 bridgehead atoms. The zero-order chi connectivity index (χ0) is 24.5. The average molecular weight is 471 g/mol. The van der Waals surface area contributed by atoms with Crippen molar-refractivity contribution < 1.29 is 18.4 Å². The van der Waals surface area contributed by atoms with E-state index in [1.807, 2.05) is 31.2 Å². The number of benzene rings is 3. The van der Waals surface area contributed by atoms with Crippen molar-refractivity contribution in [3.63, 3.8) is 0 Å². The molecule has 0 fully saturated rings. The summed E-state index contributed by atoms with van der Waals surface area (Å²) < 4.78 is 25.1. The van der Waals surface area contributed by atoms with E-state index in [1.165, 1.54) is 17.0 Å². The fraction of sp³-hybridized carbons (Fsp3) is 0.148. The number of allylic oxidation sites excluding steroid dienone is 1. The van der Waals surface area contributed by atoms with Gasteiger partial charge in [0.15, 0.2) is 0 Å². The molecule has 1 unspecified atom stereocenters. The lowest BCUT2D eigenvalue weighted by Crippen LogP contribution is -2.46. The minimum absolute atomic E-state index is 0.236. The van der Waals surface area contributed by atoms with Crippen LogP contribution in [0, 0.1) is 12.7 Å². The molecule has 5 rings (SSSR count). The Balaban J connectivity index is 1.66. The molecule has 4 aromatic rings. The molecular weight excluding hydrogens is 447 g/mol. The van der Waals surface area contributed by atoms with Crippen molar-refractivity contribution in [2.45, 2.75) is 19.9 Å². The van der Waals surface area contributed by atoms with E-state index in [0.717, 1.165) is 11.1 Å². The molecule has 1 aliphatic rings. The lowest BCUT2D eigenvalue weighted by molar-refractivity contribution is 0.244. The summed E-state index contributed by atoms with van der Waals surface area (Å²) in [5.41, 5.74) is 4.24. The second-order valence-corrected chi connectivity index (χ2v) is 8.26. The molecule has 176 valence electrons. The number of rotatable bonds is 5. The molecule has 8 heteroatoms. The van der Waals surface area contributed by atoms with Crippen molar-refractivity contribution in [1.29, 1.82) is 0 Å². The Bertz CT molecular complexity index is 1430. The van der Waals surface area contributed by atoms with Crippen LogP contribution in [0.1, 0.15) is 30.0 Å². The maximum atomic E-state index is 14.1. The molecule has 0 aliphatic carbocycles. The van der Waals surface area contributed by atoms with Crippen LogP contribution in [0.4, 0.5) is 14.9 Å². The predicted molar refractivity (Wildman–Crippen MR) is 130 cm³/mol. The third-order valence-corrected chi connectivity index (χ3v) is 5.94. The Hall–Kier alpha value is -4.46. The number of halogens is 1. The van der Waals surface area contributed by atoms with Crippen LogP contribution in [-0.4, -0.2) is 23.3 Å². The number of aryl methyl sites for hydroxylation is 1. The zero-order valence-electron chi connectivity index (χ0n) is 19.4. The van der Waals surface area contributed by atoms with E-state index >= 15 is 0 Å². The first-order chi connectivity index (χ1) is 16.9. The van der Waals surface area contributed by atoms with Gasteiger partial charge in [0.05, 0.1) is 24.4 Å². The van der Waals surface area contributed by atoms with Crippen LogP contribution in [0.2, 0.25) is 0 Å². The van der Waals surface area contributed by atoms with Gasteiger partial charge in [0.25, 0.3) is 5.89 Å². The van der Waals surface area contributed by atoms with Crippen molar-refractivity contribution in [2.24, 2.45) is 0 Å². The fourth-order valence-electron chi connectivity index (χ4n) is 4.17. The molecule has 0 saturated carbocycles. The molecule has 1 aliphatic heterocycles. The van der Waals surface area contributed by atoms with Crippen LogP contribution in [0.15, 0.2) is 83.0 Å². The van der Waals surface area contributed by atoms with Crippen LogP contribution < -0.4 is 15.0 Å². The number of methoxy groups -OCH3 is 1. The number of carbonyl (C=O) groups is 1. The van der Waals surface area contributed by atoms with E-state index in [2.05, 4.69) is 15.5 Å². The standard InChI is InChI=1S/C27H23FN4O3/c1-16-10-12-18(13-11-16)25-30-26(35-31-25)23-17(2)32(21-8-5-9-22(15-21)34-3)27(33)29-24(23)19-6-4-7-20(28)14-19/h4-15,24H,1-3H3,(H,29,33). The number of nitrogens with zero attached hydrogens (tertiary/aromatic N) is 3. The number of amides is 2. The van der Waals surface area contributed by atoms with Crippen LogP contribution in [0.3, 0.4) is 0 Å². The van der Waals surface area contributed by atoms with Crippen molar-refractivity contribution in [3.8, 4) is 17.1 Å². The number of nitrogens with one attached hydrogen (secondary N) is 1. The van der Waals surface area contributed by atoms with E-state index in [0.29, 0.717) is 34.1 Å². The fourth-order valence-corrected chi connectivity index (χ4v) is 4.17. The monoisotopic (exact) mass is 470 g/mol. The number of hydrogen-bond acceptors (Lipinski definition) is 5. The Morgan fingerprint density at radius 2 is 1.80 bits per heavy atom. The van der Waals surface area contributed by atoms with E-state index in [1.54, 1.807) is 50.4 Å². The van der Waals surface area contributed by atoms with Gasteiger partial charge in [-0.1, -0.05) is 53.2 Å². The zero-order valence-corrected chi connectivity index (χ0v) is 19.4. The summed E-state index contributed by atoms with van der Waals surface area (Å²) in [5.74, 6) is 0.856. The second kappa shape index (κ2) is 9.06. The van der Waals surface area contributed by atoms with Gasteiger partial charge >= 0.3 is 6.03 Å². The third kappa shape index (κ3) is 4.26. The summed E-state index contributed by atoms with van der Waals surface area (Å²) in [4.78, 5) is 19.4. The van der Waals surface area contributed by atoms with Gasteiger partial charge in [-0.15, -0.1) is 0 Å². The molecule has 1 aromatic heterocycles. The van der Waals surface area contributed by atoms with Crippen molar-refractivity contribution >= 4 is 17.3 Å². The minimum Gasteiger partial charge on any atom is -0.497 e. The Morgan fingerprint density at radius 1 is 1.03 bits per heavy atom. The summed E-state index contributed by atoms with van der Waals surface area (Å²) in [5, 5.41) is 7.15. The highest BCUT2D eigenvalue weighted by atomic mass is 19.1. The van der Waals surface area contributed by atoms with E-state index in [4.69, 9.17) is 9.26 Å². The summed E-state index contributed by atoms with van der Waals surface area (Å²) in [6.45, 7) is 3.80. The Labute approximate surface area is 201 Å². The maximum absolute atomic E-state index is 14.1. The molecule has 2 heterocycles. The summed E-state index contributed by atoms with van der Waals surface area (Å²) in [6.07, 6.45) is 0. The quantitative estimate of drug-likeness (QED) is 0.393. The number of anilines is 1. The Morgan fingerprint density at radius 3 is 2.54 bits per heavy atom. The van der Waals surface area contributed by atoms with Gasteiger partial charge in [0.1, 0.15) is 11.6 Å². The molecule has 1 N–H and O–H groups in total. The van der Waals surface area contributed by atoms with Crippen molar-refractivity contribution in [1.82, 2.24) is 15.5 Å². The molecule has 0 radical (unpaired) electrons. The van der Waals surface area contributed by atoms with Crippen LogP contribution in [0.5, 0.6) is 5.75 Å². The maximum Gasteiger partial charge on any atom is 0.327 e. The number of carbonyl (C=O) groups excluding carboxylic acids is 1. The van der Waals surface area contributed by atoms with Gasteiger partial charge < -0.3 is 14.6 Å². The van der Waals surface area contributed by atoms with Gasteiger partial charge in [-0.2, -0.15) is 4.98 Å². The van der Waals surface area contributed by atoms with E-state index in [-0.39, 0.29) is 11.9 Å². The molecule has 2 amide bonds. The molecule has 0 saturated heterocycles. The lowest BCUT2D eigenvalue weighted by atomic mass is 9.94. The lowest BCUT2D eigenvalue weighted by Gasteiger charge is -2.35. The third-order valence-electron chi connectivity index (χ3n) is 5.94. The largest absolute Gasteiger partial charge is 0.497 e. The first-order valence-corrected chi connectivity index (χ1v) is 11.1. The normalized spacial score (nSPS) is 15.8. The Kier molecular flexibility index (Phi) is 5.78. The molecule has 35 heavy (non-hydrogen) atoms. The first kappa shape index (κ1) is 22.3. The highest BCUT2D eigenvalue weighted by Crippen LogP contribution is 2.39. The van der Waals surface area contributed by atoms with Crippen LogP contribution >= 0.6 is 0 Å². The topological polar surface area (TPSA) is 80.5 Å². The van der Waals surface area contributed by atoms with Gasteiger partial charge in [-0.25, -0.2) is 9.18 Å². The van der Waals surface area contributed by atoms with E-state index < -0.39 is 11.9 Å². The van der Waals surface area contributed by atoms with Gasteiger partial charge in [0.2, 0.25) is 5.82 Å². The average Bonchev–Trinajstić information content (AvgIpc) is 3.34. The summed E-state index contributed by atoms with van der Waals surface area (Å²) >= 11 is 0. The summed E-state index contributed by atoms with van der Waals surface area (Å²) in [7, 11) is 1.56. The molecule has 1 atom stereocenters. The molecule has 3 aromatic carbocycles. The van der Waals surface area contributed by atoms with Gasteiger partial charge in [-0.05, 0) is 43.7 Å². The first-order valence-electron chi connectivity index (χ1n) is 11.1. The van der Waals surface area contributed by atoms with Gasteiger partial charge in [-0.3, -0.25) is 4.90 Å². The predicted octanol–water partition coefficient (Wildman–Crippen LogP) is 5.89. The smallest absolute Gasteiger partial charge is 0.327 e. The number of ether oxygens (including phenoxy) is 1. The highest BCUT2D eigenvalue weighted by molar-refractivity contribution is 6.01. The molecule has 0 spiro atoms. The number of hydrogen-bond donors (Lipinski definition) is 1.